The number of primary amides is 1. The summed E-state index contributed by atoms with van der Waals surface area (Å²) < 4.78 is 3.29. The highest BCUT2D eigenvalue weighted by atomic mass is 79.9. The van der Waals surface area contributed by atoms with Gasteiger partial charge in [0.05, 0.1) is 24.0 Å². The van der Waals surface area contributed by atoms with Crippen molar-refractivity contribution in [3.05, 3.63) is 115 Å². The molecule has 0 unspecified atom stereocenters. The predicted molar refractivity (Wildman–Crippen MR) is 272 cm³/mol. The molecule has 7 heterocycles. The van der Waals surface area contributed by atoms with Crippen LogP contribution < -0.4 is 54.7 Å². The molecule has 5 amide bonds. The number of Topliss-reactive ketones (excluding diaryl/α,β-unsaturated/α-hetero) is 1. The van der Waals surface area contributed by atoms with Crippen molar-refractivity contribution in [3.8, 4) is 0 Å². The largest absolute Gasteiger partial charge is 0.384 e. The maximum Gasteiger partial charge on any atom is 0.276 e. The molecule has 376 valence electrons. The zero-order chi connectivity index (χ0) is 52.9. The monoisotopic (exact) mass is 1160 g/mol. The number of nitrogens with two attached hydrogens (primary N) is 2. The molecule has 5 aromatic rings. The number of hydrogen-bond acceptors (Lipinski definition) is 15. The molecule has 71 heavy (non-hydrogen) atoms. The number of rotatable bonds is 7. The SMILES string of the molecule is CC(C)=O.CC1(C)NC(=O)c2c(Cl)cc(Br)c(=O)n21.CC1(C)NC(=O)c2c(Cl)cc(Nc3cc(NC(=O)C4CC4)ncn3)c(=O)n21.NC(=O)c1[nH]c(=O)c(Br)cc1Cl.Nc1cc(NC(=O)C2CC2)ncn1. The van der Waals surface area contributed by atoms with E-state index < -0.39 is 34.3 Å². The van der Waals surface area contributed by atoms with Gasteiger partial charge >= 0.3 is 0 Å². The first-order chi connectivity index (χ1) is 33.1. The Bertz CT molecular complexity index is 3150. The molecule has 28 heteroatoms. The van der Waals surface area contributed by atoms with Gasteiger partial charge in [-0.2, -0.15) is 0 Å². The summed E-state index contributed by atoms with van der Waals surface area (Å²) in [5, 5.41) is 14.2. The summed E-state index contributed by atoms with van der Waals surface area (Å²) in [4.78, 5) is 120. The number of pyridine rings is 3. The summed E-state index contributed by atoms with van der Waals surface area (Å²) in [5.41, 5.74) is 8.01. The van der Waals surface area contributed by atoms with Crippen LogP contribution in [0.3, 0.4) is 0 Å². The number of aromatic amines is 1. The van der Waals surface area contributed by atoms with Crippen LogP contribution in [0.1, 0.15) is 98.7 Å². The molecular weight excluding hydrogens is 1120 g/mol. The van der Waals surface area contributed by atoms with E-state index in [1.807, 2.05) is 0 Å². The number of nitrogens with zero attached hydrogens (tertiary/aromatic N) is 6. The highest BCUT2D eigenvalue weighted by Crippen LogP contribution is 2.32. The third-order valence-corrected chi connectivity index (χ3v) is 11.9. The maximum atomic E-state index is 12.9. The molecule has 2 fully saturated rings. The number of fused-ring (bicyclic) bond motifs is 2. The summed E-state index contributed by atoms with van der Waals surface area (Å²) in [6.07, 6.45) is 6.34. The zero-order valence-electron chi connectivity index (χ0n) is 38.4. The molecule has 0 atom stereocenters. The molecule has 10 N–H and O–H groups in total. The Balaban J connectivity index is 0.000000182. The Morgan fingerprint density at radius 1 is 0.662 bits per heavy atom. The second kappa shape index (κ2) is 22.7. The average Bonchev–Trinajstić information content (AvgIpc) is 4.20. The molecule has 0 spiro atoms. The fourth-order valence-corrected chi connectivity index (χ4v) is 8.19. The van der Waals surface area contributed by atoms with Crippen LogP contribution in [0.2, 0.25) is 15.1 Å². The number of anilines is 5. The minimum atomic E-state index is -0.903. The van der Waals surface area contributed by atoms with E-state index in [1.165, 1.54) is 59.9 Å². The van der Waals surface area contributed by atoms with Crippen molar-refractivity contribution in [1.82, 2.24) is 44.7 Å². The van der Waals surface area contributed by atoms with Crippen molar-refractivity contribution < 1.29 is 28.8 Å². The quantitative estimate of drug-likeness (QED) is 0.101. The number of amides is 5. The number of nitrogen functional groups attached to an aromatic ring is 1. The second-order valence-electron chi connectivity index (χ2n) is 17.0. The van der Waals surface area contributed by atoms with Gasteiger partial charge in [-0.05, 0) is 117 Å². The van der Waals surface area contributed by atoms with E-state index in [0.29, 0.717) is 27.7 Å². The van der Waals surface area contributed by atoms with E-state index in [0.717, 1.165) is 25.7 Å². The van der Waals surface area contributed by atoms with Crippen LogP contribution in [0.15, 0.2) is 66.3 Å². The van der Waals surface area contributed by atoms with Gasteiger partial charge in [-0.25, -0.2) is 19.9 Å². The Kier molecular flexibility index (Phi) is 17.7. The molecule has 0 bridgehead atoms. The van der Waals surface area contributed by atoms with E-state index >= 15 is 0 Å². The highest BCUT2D eigenvalue weighted by molar-refractivity contribution is 9.10. The van der Waals surface area contributed by atoms with Crippen molar-refractivity contribution >= 4 is 131 Å². The van der Waals surface area contributed by atoms with Crippen molar-refractivity contribution in [2.75, 3.05) is 21.7 Å². The number of H-pyrrole nitrogens is 1. The van der Waals surface area contributed by atoms with Crippen LogP contribution in [0.25, 0.3) is 0 Å². The smallest absolute Gasteiger partial charge is 0.276 e. The lowest BCUT2D eigenvalue weighted by molar-refractivity contribution is -0.118. The Morgan fingerprint density at radius 3 is 1.58 bits per heavy atom. The van der Waals surface area contributed by atoms with Crippen LogP contribution in [-0.4, -0.2) is 69.4 Å². The van der Waals surface area contributed by atoms with Crippen molar-refractivity contribution in [2.24, 2.45) is 17.6 Å². The van der Waals surface area contributed by atoms with E-state index in [1.54, 1.807) is 33.8 Å². The number of hydrogen-bond donors (Lipinski definition) is 8. The van der Waals surface area contributed by atoms with Gasteiger partial charge in [0.1, 0.15) is 75.8 Å². The Hall–Kier alpha value is -6.54. The van der Waals surface area contributed by atoms with E-state index in [9.17, 15) is 43.2 Å². The first kappa shape index (κ1) is 55.4. The van der Waals surface area contributed by atoms with Gasteiger partial charge in [0.2, 0.25) is 11.8 Å². The van der Waals surface area contributed by atoms with Gasteiger partial charge < -0.3 is 47.8 Å². The number of carbonyl (C=O) groups excluding carboxylic acids is 6. The van der Waals surface area contributed by atoms with E-state index in [2.05, 4.69) is 83.4 Å². The maximum absolute atomic E-state index is 12.9. The minimum absolute atomic E-state index is 0.0260. The normalized spacial score (nSPS) is 15.1. The lowest BCUT2D eigenvalue weighted by Gasteiger charge is -2.22. The number of halogens is 5. The summed E-state index contributed by atoms with van der Waals surface area (Å²) in [5.74, 6) is 0.351. The molecule has 0 radical (unpaired) electrons. The standard InChI is InChI=1S/C17H17ClN6O3.C9H8BrClN2O2.C8H10N4O.C6H4BrClN2O2.C3H6O/c1-17(2)23-15(26)13-9(18)5-10(16(27)24(13)17)21-11-6-12(20-7-19-11)22-14(25)8-3-4-8;1-9(2)12-7(14)6-5(11)3-4(10)8(15)13(6)9;9-6-3-7(11-4-10-6)12-8(13)5-1-2-5;7-2-1-3(8)4(5(9)11)10-6(2)12;1-3(2)4/h5-8H,3-4H2,1-2H3,(H,23,26)(H2,19,20,21,22,25);3H,1-2H3,(H,12,14);3-5H,1-2H2,(H3,9,10,11,12,13);1H,(H2,9,11)(H,10,12);1-2H3. The van der Waals surface area contributed by atoms with Crippen molar-refractivity contribution in [3.63, 3.8) is 0 Å². The van der Waals surface area contributed by atoms with Gasteiger partial charge in [-0.3, -0.25) is 47.5 Å². The average molecular weight is 1170 g/mol. The molecule has 9 rings (SSSR count). The van der Waals surface area contributed by atoms with Crippen molar-refractivity contribution in [1.29, 1.82) is 0 Å². The molecule has 5 aromatic heterocycles. The van der Waals surface area contributed by atoms with Gasteiger partial charge in [0, 0.05) is 24.0 Å². The van der Waals surface area contributed by atoms with Crippen LogP contribution in [-0.2, 0) is 25.7 Å². The van der Waals surface area contributed by atoms with Crippen LogP contribution >= 0.6 is 66.7 Å². The fraction of sp³-hybridized carbons (Fsp3) is 0.326. The molecule has 0 aromatic carbocycles. The van der Waals surface area contributed by atoms with Crippen LogP contribution in [0.4, 0.5) is 29.0 Å². The zero-order valence-corrected chi connectivity index (χ0v) is 43.9. The summed E-state index contributed by atoms with van der Waals surface area (Å²) in [6, 6.07) is 7.22. The fourth-order valence-electron chi connectivity index (χ4n) is 6.39. The predicted octanol–water partition coefficient (Wildman–Crippen LogP) is 5.41. The first-order valence-electron chi connectivity index (χ1n) is 21.0. The highest BCUT2D eigenvalue weighted by Gasteiger charge is 2.39. The first-order valence-corrected chi connectivity index (χ1v) is 23.7. The Morgan fingerprint density at radius 2 is 1.10 bits per heavy atom. The lowest BCUT2D eigenvalue weighted by Crippen LogP contribution is -2.42. The van der Waals surface area contributed by atoms with Gasteiger partial charge in [0.25, 0.3) is 34.4 Å². The third-order valence-electron chi connectivity index (χ3n) is 9.86. The van der Waals surface area contributed by atoms with Gasteiger partial charge in [-0.1, -0.05) is 34.8 Å². The minimum Gasteiger partial charge on any atom is -0.384 e. The topological polar surface area (TPSA) is 343 Å². The number of ketones is 1. The summed E-state index contributed by atoms with van der Waals surface area (Å²) >= 11 is 23.8. The van der Waals surface area contributed by atoms with E-state index in [-0.39, 0.29) is 83.2 Å². The molecular formula is C43H45Br2Cl3N14O9. The van der Waals surface area contributed by atoms with Crippen molar-refractivity contribution in [2.45, 2.75) is 78.6 Å². The second-order valence-corrected chi connectivity index (χ2v) is 19.9. The van der Waals surface area contributed by atoms with Crippen LogP contribution in [0, 0.1) is 11.8 Å². The Labute approximate surface area is 434 Å². The molecule has 23 nitrogen and oxygen atoms in total. The third kappa shape index (κ3) is 14.3. The van der Waals surface area contributed by atoms with Gasteiger partial charge in [-0.15, -0.1) is 0 Å². The number of carbonyl (C=O) groups is 6. The lowest BCUT2D eigenvalue weighted by atomic mass is 10.2. The molecule has 2 aliphatic heterocycles. The molecule has 2 aliphatic carbocycles. The summed E-state index contributed by atoms with van der Waals surface area (Å²) in [7, 11) is 0. The molecule has 4 aliphatic rings. The summed E-state index contributed by atoms with van der Waals surface area (Å²) in [6.45, 7) is 9.95. The number of nitrogens with one attached hydrogen (secondary N) is 6. The number of aromatic nitrogens is 7. The van der Waals surface area contributed by atoms with Gasteiger partial charge in [0.15, 0.2) is 0 Å². The molecule has 2 saturated carbocycles. The van der Waals surface area contributed by atoms with E-state index in [4.69, 9.17) is 46.3 Å². The molecule has 0 saturated heterocycles. The van der Waals surface area contributed by atoms with Crippen LogP contribution in [0.5, 0.6) is 0 Å².